The predicted octanol–water partition coefficient (Wildman–Crippen LogP) is 1.32. The Kier molecular flexibility index (Phi) is 1.40. The largest absolute Gasteiger partial charge is 0.425 e. The Balaban J connectivity index is 2.78. The van der Waals surface area contributed by atoms with Crippen LogP contribution in [-0.4, -0.2) is 22.0 Å². The van der Waals surface area contributed by atoms with Gasteiger partial charge < -0.3 is 10.5 Å². The van der Waals surface area contributed by atoms with Crippen LogP contribution in [0.1, 0.15) is 0 Å². The topological polar surface area (TPSA) is 50.1 Å². The molecule has 0 amide bonds. The monoisotopic (exact) mass is 163 g/mol. The Hall–Kier alpha value is -1.71. The molecular formula is C8H9N3O. The first kappa shape index (κ1) is 6.97. The molecule has 0 unspecified atom stereocenters. The number of nitrogens with one attached hydrogen (secondary N) is 1. The normalized spacial score (nSPS) is 10.4. The number of para-hydroxylation sites is 2. The molecule has 1 aromatic carbocycles. The number of nitrogens with zero attached hydrogens (tertiary/aromatic N) is 2. The minimum Gasteiger partial charge on any atom is -0.425 e. The Morgan fingerprint density at radius 2 is 2.17 bits per heavy atom. The first-order valence-corrected chi connectivity index (χ1v) is 3.67. The lowest BCUT2D eigenvalue weighted by molar-refractivity contribution is 0.204. The molecule has 0 saturated carbocycles. The van der Waals surface area contributed by atoms with Crippen molar-refractivity contribution in [3.05, 3.63) is 24.3 Å². The van der Waals surface area contributed by atoms with Gasteiger partial charge in [-0.05, 0) is 12.1 Å². The Labute approximate surface area is 69.4 Å². The zero-order chi connectivity index (χ0) is 8.55. The van der Waals surface area contributed by atoms with Gasteiger partial charge in [0.05, 0.1) is 5.52 Å². The maximum atomic E-state index is 9.48. The molecule has 2 rings (SSSR count). The summed E-state index contributed by atoms with van der Waals surface area (Å²) >= 11 is 0. The molecule has 0 fully saturated rings. The molecule has 1 aromatic heterocycles. The van der Waals surface area contributed by atoms with E-state index in [1.165, 1.54) is 0 Å². The molecule has 2 N–H and O–H groups in total. The maximum absolute atomic E-state index is 9.48. The van der Waals surface area contributed by atoms with Gasteiger partial charge in [0.25, 0.3) is 0 Å². The van der Waals surface area contributed by atoms with E-state index in [9.17, 15) is 5.21 Å². The van der Waals surface area contributed by atoms with Gasteiger partial charge in [-0.25, -0.2) is 4.98 Å². The summed E-state index contributed by atoms with van der Waals surface area (Å²) in [6, 6.07) is 7.40. The molecule has 12 heavy (non-hydrogen) atoms. The van der Waals surface area contributed by atoms with Gasteiger partial charge in [0.2, 0.25) is 5.95 Å². The van der Waals surface area contributed by atoms with Crippen molar-refractivity contribution in [1.82, 2.24) is 9.71 Å². The SMILES string of the molecule is CNc1nc2ccccc2n1O. The third kappa shape index (κ3) is 0.812. The molecule has 0 spiro atoms. The average Bonchev–Trinajstić information content (AvgIpc) is 2.44. The third-order valence-electron chi connectivity index (χ3n) is 1.76. The summed E-state index contributed by atoms with van der Waals surface area (Å²) in [6.45, 7) is 0. The second kappa shape index (κ2) is 2.41. The van der Waals surface area contributed by atoms with Gasteiger partial charge in [-0.3, -0.25) is 0 Å². The minimum absolute atomic E-state index is 0.455. The van der Waals surface area contributed by atoms with E-state index in [0.29, 0.717) is 11.5 Å². The Morgan fingerprint density at radius 3 is 2.83 bits per heavy atom. The molecule has 4 heteroatoms. The maximum Gasteiger partial charge on any atom is 0.237 e. The van der Waals surface area contributed by atoms with Crippen LogP contribution in [0.3, 0.4) is 0 Å². The molecule has 0 aliphatic rings. The van der Waals surface area contributed by atoms with E-state index in [-0.39, 0.29) is 0 Å². The van der Waals surface area contributed by atoms with E-state index < -0.39 is 0 Å². The van der Waals surface area contributed by atoms with Gasteiger partial charge in [0.15, 0.2) is 0 Å². The number of aromatic nitrogens is 2. The van der Waals surface area contributed by atoms with Crippen molar-refractivity contribution in [3.8, 4) is 0 Å². The lowest BCUT2D eigenvalue weighted by Crippen LogP contribution is -1.98. The summed E-state index contributed by atoms with van der Waals surface area (Å²) in [7, 11) is 1.72. The van der Waals surface area contributed by atoms with Crippen LogP contribution >= 0.6 is 0 Å². The molecule has 0 aliphatic carbocycles. The van der Waals surface area contributed by atoms with Crippen LogP contribution in [0.25, 0.3) is 11.0 Å². The quantitative estimate of drug-likeness (QED) is 0.623. The predicted molar refractivity (Wildman–Crippen MR) is 46.5 cm³/mol. The number of hydrogen-bond donors (Lipinski definition) is 2. The second-order valence-electron chi connectivity index (χ2n) is 2.49. The van der Waals surface area contributed by atoms with Crippen LogP contribution in [0.2, 0.25) is 0 Å². The van der Waals surface area contributed by atoms with Crippen LogP contribution in [0, 0.1) is 0 Å². The van der Waals surface area contributed by atoms with Crippen LogP contribution < -0.4 is 5.32 Å². The van der Waals surface area contributed by atoms with Crippen molar-refractivity contribution in [2.75, 3.05) is 12.4 Å². The zero-order valence-corrected chi connectivity index (χ0v) is 6.65. The number of anilines is 1. The number of benzene rings is 1. The van der Waals surface area contributed by atoms with E-state index in [4.69, 9.17) is 0 Å². The number of imidazole rings is 1. The standard InChI is InChI=1S/C8H9N3O/c1-9-8-10-6-4-2-3-5-7(6)11(8)12/h2-5,12H,1H3,(H,9,10). The summed E-state index contributed by atoms with van der Waals surface area (Å²) in [4.78, 5) is 4.13. The molecular weight excluding hydrogens is 154 g/mol. The van der Waals surface area contributed by atoms with E-state index in [0.717, 1.165) is 10.2 Å². The first-order valence-electron chi connectivity index (χ1n) is 3.67. The van der Waals surface area contributed by atoms with Gasteiger partial charge in [-0.2, -0.15) is 0 Å². The van der Waals surface area contributed by atoms with E-state index in [1.807, 2.05) is 24.3 Å². The highest BCUT2D eigenvalue weighted by Gasteiger charge is 2.05. The fourth-order valence-electron chi connectivity index (χ4n) is 1.18. The van der Waals surface area contributed by atoms with Gasteiger partial charge in [-0.1, -0.05) is 12.1 Å². The van der Waals surface area contributed by atoms with E-state index in [1.54, 1.807) is 7.05 Å². The van der Waals surface area contributed by atoms with Crippen molar-refractivity contribution < 1.29 is 5.21 Å². The van der Waals surface area contributed by atoms with Crippen molar-refractivity contribution in [2.45, 2.75) is 0 Å². The molecule has 0 saturated heterocycles. The highest BCUT2D eigenvalue weighted by atomic mass is 16.5. The van der Waals surface area contributed by atoms with Crippen LogP contribution in [0.4, 0.5) is 5.95 Å². The average molecular weight is 163 g/mol. The first-order chi connectivity index (χ1) is 5.83. The third-order valence-corrected chi connectivity index (χ3v) is 1.76. The van der Waals surface area contributed by atoms with Crippen molar-refractivity contribution in [2.24, 2.45) is 0 Å². The van der Waals surface area contributed by atoms with Gasteiger partial charge in [0, 0.05) is 7.05 Å². The summed E-state index contributed by atoms with van der Waals surface area (Å²) in [5.74, 6) is 0.455. The molecule has 0 radical (unpaired) electrons. The molecule has 4 nitrogen and oxygen atoms in total. The molecule has 2 aromatic rings. The number of rotatable bonds is 1. The lowest BCUT2D eigenvalue weighted by atomic mass is 10.3. The fourth-order valence-corrected chi connectivity index (χ4v) is 1.18. The molecule has 1 heterocycles. The smallest absolute Gasteiger partial charge is 0.237 e. The molecule has 0 aliphatic heterocycles. The molecule has 0 bridgehead atoms. The minimum atomic E-state index is 0.455. The second-order valence-corrected chi connectivity index (χ2v) is 2.49. The molecule has 0 atom stereocenters. The summed E-state index contributed by atoms with van der Waals surface area (Å²) in [6.07, 6.45) is 0. The van der Waals surface area contributed by atoms with Crippen molar-refractivity contribution >= 4 is 17.0 Å². The zero-order valence-electron chi connectivity index (χ0n) is 6.65. The summed E-state index contributed by atoms with van der Waals surface area (Å²) in [5.41, 5.74) is 1.49. The fraction of sp³-hybridized carbons (Fsp3) is 0.125. The van der Waals surface area contributed by atoms with Crippen LogP contribution in [0.5, 0.6) is 0 Å². The Morgan fingerprint density at radius 1 is 1.42 bits per heavy atom. The van der Waals surface area contributed by atoms with Gasteiger partial charge in [0.1, 0.15) is 5.52 Å². The van der Waals surface area contributed by atoms with E-state index >= 15 is 0 Å². The van der Waals surface area contributed by atoms with Crippen LogP contribution in [-0.2, 0) is 0 Å². The Bertz CT molecular complexity index is 408. The number of hydrogen-bond acceptors (Lipinski definition) is 3. The highest BCUT2D eigenvalue weighted by Crippen LogP contribution is 2.16. The summed E-state index contributed by atoms with van der Waals surface area (Å²) in [5, 5.41) is 12.3. The van der Waals surface area contributed by atoms with Crippen molar-refractivity contribution in [3.63, 3.8) is 0 Å². The van der Waals surface area contributed by atoms with Crippen LogP contribution in [0.15, 0.2) is 24.3 Å². The van der Waals surface area contributed by atoms with Gasteiger partial charge >= 0.3 is 0 Å². The lowest BCUT2D eigenvalue weighted by Gasteiger charge is -1.96. The van der Waals surface area contributed by atoms with E-state index in [2.05, 4.69) is 10.3 Å². The highest BCUT2D eigenvalue weighted by molar-refractivity contribution is 5.77. The number of fused-ring (bicyclic) bond motifs is 1. The summed E-state index contributed by atoms with van der Waals surface area (Å²) < 4.78 is 1.04. The van der Waals surface area contributed by atoms with Crippen molar-refractivity contribution in [1.29, 1.82) is 0 Å². The van der Waals surface area contributed by atoms with Gasteiger partial charge in [-0.15, -0.1) is 4.73 Å². The molecule has 62 valence electrons.